The average Bonchev–Trinajstić information content (AvgIpc) is 2.39. The van der Waals surface area contributed by atoms with Gasteiger partial charge in [-0.3, -0.25) is 4.79 Å². The highest BCUT2D eigenvalue weighted by molar-refractivity contribution is 5.62. The Balaban J connectivity index is 0.000000357. The quantitative estimate of drug-likeness (QED) is 0.866. The van der Waals surface area contributed by atoms with Crippen LogP contribution in [0.3, 0.4) is 0 Å². The van der Waals surface area contributed by atoms with Crippen LogP contribution in [0.5, 0.6) is 0 Å². The minimum atomic E-state index is -0.833. The number of aliphatic carboxylic acids is 1. The van der Waals surface area contributed by atoms with Gasteiger partial charge in [0.2, 0.25) is 0 Å². The zero-order valence-corrected chi connectivity index (χ0v) is 10.7. The lowest BCUT2D eigenvalue weighted by Crippen LogP contribution is -1.94. The van der Waals surface area contributed by atoms with Gasteiger partial charge in [0.25, 0.3) is 5.97 Å². The van der Waals surface area contributed by atoms with Crippen LogP contribution in [0.1, 0.15) is 30.9 Å². The van der Waals surface area contributed by atoms with Crippen LogP contribution in [-0.4, -0.2) is 11.1 Å². The third-order valence-corrected chi connectivity index (χ3v) is 2.60. The number of benzene rings is 2. The van der Waals surface area contributed by atoms with Gasteiger partial charge in [-0.25, -0.2) is 0 Å². The van der Waals surface area contributed by atoms with Gasteiger partial charge in [-0.15, -0.1) is 0 Å². The Kier molecular flexibility index (Phi) is 5.65. The fraction of sp³-hybridized carbons (Fsp3) is 0.188. The molecule has 2 nitrogen and oxygen atoms in total. The van der Waals surface area contributed by atoms with E-state index in [1.807, 2.05) is 0 Å². The minimum absolute atomic E-state index is 0.484. The van der Waals surface area contributed by atoms with Crippen molar-refractivity contribution < 1.29 is 9.90 Å². The Morgan fingerprint density at radius 3 is 1.44 bits per heavy atom. The second-order valence-electron chi connectivity index (χ2n) is 4.06. The molecule has 0 aromatic heterocycles. The fourth-order valence-electron chi connectivity index (χ4n) is 1.68. The van der Waals surface area contributed by atoms with Crippen molar-refractivity contribution >= 4 is 5.97 Å². The van der Waals surface area contributed by atoms with Crippen molar-refractivity contribution in [1.82, 2.24) is 0 Å². The zero-order valence-electron chi connectivity index (χ0n) is 10.7. The second-order valence-corrected chi connectivity index (χ2v) is 4.06. The molecule has 94 valence electrons. The predicted molar refractivity (Wildman–Crippen MR) is 73.7 cm³/mol. The van der Waals surface area contributed by atoms with Crippen LogP contribution in [0.2, 0.25) is 0 Å². The van der Waals surface area contributed by atoms with Crippen molar-refractivity contribution in [3.05, 3.63) is 71.8 Å². The Morgan fingerprint density at radius 2 is 1.17 bits per heavy atom. The van der Waals surface area contributed by atoms with E-state index < -0.39 is 5.97 Å². The molecule has 0 aliphatic heterocycles. The number of hydrogen-bond acceptors (Lipinski definition) is 1. The normalized spacial score (nSPS) is 9.50. The lowest BCUT2D eigenvalue weighted by Gasteiger charge is -2.11. The molecule has 0 aliphatic carbocycles. The predicted octanol–water partition coefficient (Wildman–Crippen LogP) is 3.93. The van der Waals surface area contributed by atoms with E-state index in [-0.39, 0.29) is 0 Å². The van der Waals surface area contributed by atoms with Crippen molar-refractivity contribution in [2.75, 3.05) is 0 Å². The number of hydrogen-bond donors (Lipinski definition) is 1. The molecule has 0 saturated heterocycles. The summed E-state index contributed by atoms with van der Waals surface area (Å²) >= 11 is 0. The van der Waals surface area contributed by atoms with E-state index >= 15 is 0 Å². The van der Waals surface area contributed by atoms with E-state index in [2.05, 4.69) is 67.6 Å². The molecule has 0 amide bonds. The van der Waals surface area contributed by atoms with Gasteiger partial charge in [0.15, 0.2) is 0 Å². The molecule has 0 unspecified atom stereocenters. The molecular weight excluding hydrogens is 224 g/mol. The lowest BCUT2D eigenvalue weighted by atomic mass is 9.93. The van der Waals surface area contributed by atoms with Crippen LogP contribution >= 0.6 is 0 Å². The summed E-state index contributed by atoms with van der Waals surface area (Å²) in [5.74, 6) is -0.350. The monoisotopic (exact) mass is 242 g/mol. The first-order valence-corrected chi connectivity index (χ1v) is 5.90. The van der Waals surface area contributed by atoms with Crippen LogP contribution in [-0.2, 0) is 4.79 Å². The van der Waals surface area contributed by atoms with Gasteiger partial charge in [0, 0.05) is 12.8 Å². The zero-order chi connectivity index (χ0) is 13.4. The van der Waals surface area contributed by atoms with Gasteiger partial charge in [0.05, 0.1) is 0 Å². The molecule has 18 heavy (non-hydrogen) atoms. The molecule has 0 heterocycles. The molecule has 1 N–H and O–H groups in total. The van der Waals surface area contributed by atoms with Crippen LogP contribution < -0.4 is 0 Å². The Hall–Kier alpha value is -2.09. The molecule has 2 heteroatoms. The van der Waals surface area contributed by atoms with Gasteiger partial charge in [-0.05, 0) is 11.1 Å². The molecule has 2 aromatic carbocycles. The van der Waals surface area contributed by atoms with E-state index in [1.165, 1.54) is 11.1 Å². The Labute approximate surface area is 108 Å². The molecule has 0 bridgehead atoms. The van der Waals surface area contributed by atoms with Crippen LogP contribution in [0.4, 0.5) is 0 Å². The number of carboxylic acids is 1. The molecule has 2 aromatic rings. The highest BCUT2D eigenvalue weighted by atomic mass is 16.4. The minimum Gasteiger partial charge on any atom is -0.481 e. The van der Waals surface area contributed by atoms with Crippen molar-refractivity contribution in [3.8, 4) is 0 Å². The summed E-state index contributed by atoms with van der Waals surface area (Å²) in [7, 11) is 0. The van der Waals surface area contributed by atoms with Crippen LogP contribution in [0.15, 0.2) is 60.7 Å². The van der Waals surface area contributed by atoms with E-state index in [4.69, 9.17) is 9.90 Å². The maximum atomic E-state index is 9.00. The number of carbonyl (C=O) groups is 1. The summed E-state index contributed by atoms with van der Waals surface area (Å²) < 4.78 is 0. The van der Waals surface area contributed by atoms with Crippen LogP contribution in [0.25, 0.3) is 0 Å². The molecule has 0 saturated carbocycles. The van der Waals surface area contributed by atoms with E-state index in [9.17, 15) is 0 Å². The summed E-state index contributed by atoms with van der Waals surface area (Å²) in [6, 6.07) is 21.2. The van der Waals surface area contributed by atoms with Crippen molar-refractivity contribution in [1.29, 1.82) is 0 Å². The first-order chi connectivity index (χ1) is 8.61. The van der Waals surface area contributed by atoms with E-state index in [1.54, 1.807) is 0 Å². The summed E-state index contributed by atoms with van der Waals surface area (Å²) in [5, 5.41) is 7.42. The molecule has 2 rings (SSSR count). The summed E-state index contributed by atoms with van der Waals surface area (Å²) in [5.41, 5.74) is 2.75. The second kappa shape index (κ2) is 7.28. The Bertz CT molecular complexity index is 419. The van der Waals surface area contributed by atoms with E-state index in [0.717, 1.165) is 6.92 Å². The maximum Gasteiger partial charge on any atom is 0.300 e. The highest BCUT2D eigenvalue weighted by Crippen LogP contribution is 2.22. The Morgan fingerprint density at radius 1 is 0.889 bits per heavy atom. The molecule has 0 fully saturated rings. The lowest BCUT2D eigenvalue weighted by molar-refractivity contribution is -0.134. The third kappa shape index (κ3) is 4.83. The number of rotatable bonds is 2. The standard InChI is InChI=1S/C14H14.C2H4O2/c1-12(13-8-4-2-5-9-13)14-10-6-3-7-11-14;1-2(3)4/h2-12H,1H3;1H3,(H,3,4). The van der Waals surface area contributed by atoms with Gasteiger partial charge in [0.1, 0.15) is 0 Å². The third-order valence-electron chi connectivity index (χ3n) is 2.60. The fourth-order valence-corrected chi connectivity index (χ4v) is 1.68. The first-order valence-electron chi connectivity index (χ1n) is 5.90. The van der Waals surface area contributed by atoms with Crippen LogP contribution in [0, 0.1) is 0 Å². The number of carboxylic acid groups (broad SMARTS) is 1. The smallest absolute Gasteiger partial charge is 0.300 e. The average molecular weight is 242 g/mol. The van der Waals surface area contributed by atoms with E-state index in [0.29, 0.717) is 5.92 Å². The first kappa shape index (κ1) is 14.0. The molecular formula is C16H18O2. The summed E-state index contributed by atoms with van der Waals surface area (Å²) in [6.07, 6.45) is 0. The summed E-state index contributed by atoms with van der Waals surface area (Å²) in [6.45, 7) is 3.32. The van der Waals surface area contributed by atoms with Crippen molar-refractivity contribution in [2.24, 2.45) is 0 Å². The summed E-state index contributed by atoms with van der Waals surface area (Å²) in [4.78, 5) is 9.00. The van der Waals surface area contributed by atoms with Gasteiger partial charge >= 0.3 is 0 Å². The molecule has 0 spiro atoms. The highest BCUT2D eigenvalue weighted by Gasteiger charge is 2.05. The van der Waals surface area contributed by atoms with Gasteiger partial charge in [-0.1, -0.05) is 67.6 Å². The molecule has 0 radical (unpaired) electrons. The van der Waals surface area contributed by atoms with Gasteiger partial charge < -0.3 is 5.11 Å². The maximum absolute atomic E-state index is 9.00. The van der Waals surface area contributed by atoms with Crippen molar-refractivity contribution in [2.45, 2.75) is 19.8 Å². The SMILES string of the molecule is CC(=O)O.CC(c1ccccc1)c1ccccc1. The topological polar surface area (TPSA) is 37.3 Å². The van der Waals surface area contributed by atoms with Gasteiger partial charge in [-0.2, -0.15) is 0 Å². The largest absolute Gasteiger partial charge is 0.481 e. The molecule has 0 atom stereocenters. The molecule has 0 aliphatic rings. The van der Waals surface area contributed by atoms with Crippen molar-refractivity contribution in [3.63, 3.8) is 0 Å².